The predicted octanol–water partition coefficient (Wildman–Crippen LogP) is 5.68. The molecule has 0 aliphatic heterocycles. The Bertz CT molecular complexity index is 396. The van der Waals surface area contributed by atoms with Crippen LogP contribution in [0.1, 0.15) is 56.2 Å². The van der Waals surface area contributed by atoms with Crippen molar-refractivity contribution in [2.24, 2.45) is 0 Å². The lowest BCUT2D eigenvalue weighted by Crippen LogP contribution is -2.09. The van der Waals surface area contributed by atoms with E-state index in [9.17, 15) is 13.2 Å². The van der Waals surface area contributed by atoms with Gasteiger partial charge < -0.3 is 3.07 Å². The van der Waals surface area contributed by atoms with Gasteiger partial charge in [0.25, 0.3) is 0 Å². The van der Waals surface area contributed by atoms with Crippen LogP contribution in [0.4, 0.5) is 13.2 Å². The quantitative estimate of drug-likeness (QED) is 0.621. The maximum Gasteiger partial charge on any atom is 0.416 e. The fraction of sp³-hybridized carbons (Fsp3) is 0.538. The van der Waals surface area contributed by atoms with Crippen molar-refractivity contribution in [2.75, 3.05) is 0 Å². The standard InChI is InChI=1S/C13H16F3IO/c1-7(2)10-5-9(13(14,15)16)6-11(8(3)4)12(10)18-17/h5-8H,1-4H3. The van der Waals surface area contributed by atoms with E-state index in [0.717, 1.165) is 0 Å². The summed E-state index contributed by atoms with van der Waals surface area (Å²) in [5, 5.41) is 0. The molecule has 0 unspecified atom stereocenters. The van der Waals surface area contributed by atoms with E-state index < -0.39 is 11.7 Å². The highest BCUT2D eigenvalue weighted by molar-refractivity contribution is 14.1. The first-order valence-electron chi connectivity index (χ1n) is 5.72. The molecule has 0 amide bonds. The van der Waals surface area contributed by atoms with E-state index in [1.807, 2.05) is 27.7 Å². The van der Waals surface area contributed by atoms with Gasteiger partial charge in [-0.1, -0.05) is 27.7 Å². The molecule has 5 heteroatoms. The molecule has 0 N–H and O–H groups in total. The molecule has 1 rings (SSSR count). The Morgan fingerprint density at radius 1 is 1.00 bits per heavy atom. The highest BCUT2D eigenvalue weighted by Crippen LogP contribution is 2.41. The summed E-state index contributed by atoms with van der Waals surface area (Å²) in [6, 6.07) is 2.37. The Morgan fingerprint density at radius 2 is 1.39 bits per heavy atom. The van der Waals surface area contributed by atoms with Crippen molar-refractivity contribution in [1.29, 1.82) is 0 Å². The summed E-state index contributed by atoms with van der Waals surface area (Å²) in [6.07, 6.45) is -4.32. The predicted molar refractivity (Wildman–Crippen MR) is 74.3 cm³/mol. The van der Waals surface area contributed by atoms with E-state index in [0.29, 0.717) is 16.9 Å². The van der Waals surface area contributed by atoms with Crippen LogP contribution in [0.3, 0.4) is 0 Å². The third kappa shape index (κ3) is 3.30. The highest BCUT2D eigenvalue weighted by Gasteiger charge is 2.33. The van der Waals surface area contributed by atoms with Crippen LogP contribution in [-0.2, 0) is 6.18 Å². The summed E-state index contributed by atoms with van der Waals surface area (Å²) >= 11 is 1.72. The minimum absolute atomic E-state index is 0.0189. The molecule has 102 valence electrons. The summed E-state index contributed by atoms with van der Waals surface area (Å²) in [6.45, 7) is 7.44. The van der Waals surface area contributed by atoms with Crippen molar-refractivity contribution in [2.45, 2.75) is 45.7 Å². The number of halogens is 4. The van der Waals surface area contributed by atoms with Crippen molar-refractivity contribution in [1.82, 2.24) is 0 Å². The molecule has 0 saturated heterocycles. The van der Waals surface area contributed by atoms with Crippen molar-refractivity contribution < 1.29 is 16.2 Å². The molecular weight excluding hydrogens is 356 g/mol. The lowest BCUT2D eigenvalue weighted by molar-refractivity contribution is -0.137. The van der Waals surface area contributed by atoms with Crippen LogP contribution in [-0.4, -0.2) is 0 Å². The maximum absolute atomic E-state index is 12.9. The SMILES string of the molecule is CC(C)c1cc(C(F)(F)F)cc(C(C)C)c1OI. The summed E-state index contributed by atoms with van der Waals surface area (Å²) in [7, 11) is 0. The van der Waals surface area contributed by atoms with E-state index in [2.05, 4.69) is 0 Å². The fourth-order valence-corrected chi connectivity index (χ4v) is 2.29. The Hall–Kier alpha value is -0.460. The minimum Gasteiger partial charge on any atom is -0.427 e. The molecule has 0 aromatic heterocycles. The van der Waals surface area contributed by atoms with E-state index in [4.69, 9.17) is 3.07 Å². The van der Waals surface area contributed by atoms with E-state index in [-0.39, 0.29) is 11.8 Å². The van der Waals surface area contributed by atoms with Crippen molar-refractivity contribution in [3.8, 4) is 5.75 Å². The molecule has 1 aromatic rings. The van der Waals surface area contributed by atoms with Crippen LogP contribution in [0, 0.1) is 0 Å². The summed E-state index contributed by atoms with van der Waals surface area (Å²) in [4.78, 5) is 0. The average Bonchev–Trinajstić information content (AvgIpc) is 2.25. The Labute approximate surface area is 119 Å². The number of hydrogen-bond donors (Lipinski definition) is 0. The third-order valence-electron chi connectivity index (χ3n) is 2.79. The second-order valence-electron chi connectivity index (χ2n) is 4.87. The van der Waals surface area contributed by atoms with Gasteiger partial charge >= 0.3 is 6.18 Å². The molecule has 0 aliphatic rings. The summed E-state index contributed by atoms with van der Waals surface area (Å²) in [5.41, 5.74) is 0.595. The van der Waals surface area contributed by atoms with E-state index in [1.54, 1.807) is 23.0 Å². The Morgan fingerprint density at radius 3 is 1.61 bits per heavy atom. The zero-order chi connectivity index (χ0) is 14.1. The topological polar surface area (TPSA) is 9.23 Å². The van der Waals surface area contributed by atoms with Gasteiger partial charge in [0.05, 0.1) is 5.56 Å². The zero-order valence-corrected chi connectivity index (χ0v) is 12.9. The normalized spacial score (nSPS) is 12.3. The Kier molecular flexibility index (Phi) is 4.91. The molecular formula is C13H16F3IO. The van der Waals surface area contributed by atoms with Gasteiger partial charge in [0.1, 0.15) is 5.75 Å². The number of rotatable bonds is 3. The smallest absolute Gasteiger partial charge is 0.416 e. The molecule has 1 aromatic carbocycles. The average molecular weight is 372 g/mol. The summed E-state index contributed by atoms with van der Waals surface area (Å²) in [5.74, 6) is 0.526. The lowest BCUT2D eigenvalue weighted by atomic mass is 9.91. The molecule has 18 heavy (non-hydrogen) atoms. The van der Waals surface area contributed by atoms with Gasteiger partial charge in [0.2, 0.25) is 0 Å². The van der Waals surface area contributed by atoms with Crippen molar-refractivity contribution in [3.63, 3.8) is 0 Å². The molecule has 1 nitrogen and oxygen atoms in total. The fourth-order valence-electron chi connectivity index (χ4n) is 1.78. The van der Waals surface area contributed by atoms with Gasteiger partial charge in [0, 0.05) is 0 Å². The van der Waals surface area contributed by atoms with Gasteiger partial charge in [-0.2, -0.15) is 13.2 Å². The van der Waals surface area contributed by atoms with Crippen LogP contribution in [0.2, 0.25) is 0 Å². The lowest BCUT2D eigenvalue weighted by Gasteiger charge is -2.20. The molecule has 0 fully saturated rings. The Balaban J connectivity index is 3.54. The van der Waals surface area contributed by atoms with Crippen LogP contribution in [0.15, 0.2) is 12.1 Å². The van der Waals surface area contributed by atoms with Crippen molar-refractivity contribution >= 4 is 23.0 Å². The zero-order valence-electron chi connectivity index (χ0n) is 10.7. The monoisotopic (exact) mass is 372 g/mol. The molecule has 0 radical (unpaired) electrons. The molecule has 0 heterocycles. The van der Waals surface area contributed by atoms with Gasteiger partial charge in [-0.25, -0.2) is 0 Å². The summed E-state index contributed by atoms with van der Waals surface area (Å²) < 4.78 is 43.9. The molecule has 0 saturated carbocycles. The van der Waals surface area contributed by atoms with Crippen LogP contribution < -0.4 is 3.07 Å². The third-order valence-corrected chi connectivity index (χ3v) is 3.24. The number of alkyl halides is 3. The van der Waals surface area contributed by atoms with Gasteiger partial charge in [0.15, 0.2) is 23.0 Å². The van der Waals surface area contributed by atoms with E-state index in [1.165, 1.54) is 12.1 Å². The largest absolute Gasteiger partial charge is 0.427 e. The molecule has 0 atom stereocenters. The molecule has 0 spiro atoms. The van der Waals surface area contributed by atoms with Crippen molar-refractivity contribution in [3.05, 3.63) is 28.8 Å². The molecule has 0 aliphatic carbocycles. The first kappa shape index (κ1) is 15.6. The van der Waals surface area contributed by atoms with Crippen LogP contribution in [0.5, 0.6) is 5.75 Å². The first-order valence-corrected chi connectivity index (χ1v) is 6.60. The molecule has 0 bridgehead atoms. The second kappa shape index (κ2) is 5.67. The van der Waals surface area contributed by atoms with Gasteiger partial charge in [-0.3, -0.25) is 0 Å². The van der Waals surface area contributed by atoms with Gasteiger partial charge in [-0.15, -0.1) is 0 Å². The van der Waals surface area contributed by atoms with E-state index >= 15 is 0 Å². The maximum atomic E-state index is 12.9. The minimum atomic E-state index is -4.32. The number of benzene rings is 1. The van der Waals surface area contributed by atoms with Crippen LogP contribution in [0.25, 0.3) is 0 Å². The van der Waals surface area contributed by atoms with Crippen LogP contribution >= 0.6 is 23.0 Å². The highest BCUT2D eigenvalue weighted by atomic mass is 127. The van der Waals surface area contributed by atoms with Gasteiger partial charge in [-0.05, 0) is 35.1 Å². The first-order chi connectivity index (χ1) is 8.18. The number of hydrogen-bond acceptors (Lipinski definition) is 1. The second-order valence-corrected chi connectivity index (χ2v) is 5.31.